The third-order valence-electron chi connectivity index (χ3n) is 3.34. The summed E-state index contributed by atoms with van der Waals surface area (Å²) in [6.07, 6.45) is 5.50. The molecule has 0 aromatic carbocycles. The molecule has 2 unspecified atom stereocenters. The van der Waals surface area contributed by atoms with Crippen LogP contribution in [0, 0.1) is 5.92 Å². The Morgan fingerprint density at radius 2 is 2.00 bits per heavy atom. The monoisotopic (exact) mass is 226 g/mol. The SMILES string of the molecule is C=C1CCCCN1C(NC)C(C)CC.CC. The van der Waals surface area contributed by atoms with Gasteiger partial charge in [0.25, 0.3) is 0 Å². The number of hydrogen-bond donors (Lipinski definition) is 1. The summed E-state index contributed by atoms with van der Waals surface area (Å²) < 4.78 is 0. The van der Waals surface area contributed by atoms with E-state index in [2.05, 4.69) is 37.7 Å². The molecule has 1 N–H and O–H groups in total. The Morgan fingerprint density at radius 1 is 1.38 bits per heavy atom. The average molecular weight is 226 g/mol. The van der Waals surface area contributed by atoms with Crippen LogP contribution in [0.5, 0.6) is 0 Å². The lowest BCUT2D eigenvalue weighted by molar-refractivity contribution is 0.140. The van der Waals surface area contributed by atoms with Crippen LogP contribution in [0.15, 0.2) is 12.3 Å². The van der Waals surface area contributed by atoms with Gasteiger partial charge in [0.05, 0.1) is 6.17 Å². The molecule has 0 amide bonds. The summed E-state index contributed by atoms with van der Waals surface area (Å²) >= 11 is 0. The summed E-state index contributed by atoms with van der Waals surface area (Å²) in [5.74, 6) is 0.690. The normalized spacial score (nSPS) is 19.8. The van der Waals surface area contributed by atoms with Crippen LogP contribution in [0.25, 0.3) is 0 Å². The quantitative estimate of drug-likeness (QED) is 0.788. The summed E-state index contributed by atoms with van der Waals surface area (Å²) in [4.78, 5) is 2.46. The van der Waals surface area contributed by atoms with Crippen LogP contribution in [-0.2, 0) is 0 Å². The van der Waals surface area contributed by atoms with Gasteiger partial charge in [-0.25, -0.2) is 0 Å². The van der Waals surface area contributed by atoms with Gasteiger partial charge in [0.2, 0.25) is 0 Å². The predicted octanol–water partition coefficient (Wildman–Crippen LogP) is 3.60. The molecule has 1 heterocycles. The fourth-order valence-corrected chi connectivity index (χ4v) is 2.22. The van der Waals surface area contributed by atoms with Crippen LogP contribution < -0.4 is 5.32 Å². The Bertz CT molecular complexity index is 189. The van der Waals surface area contributed by atoms with E-state index >= 15 is 0 Å². The molecule has 16 heavy (non-hydrogen) atoms. The van der Waals surface area contributed by atoms with Gasteiger partial charge in [-0.2, -0.15) is 0 Å². The Labute approximate surface area is 102 Å². The van der Waals surface area contributed by atoms with Crippen LogP contribution >= 0.6 is 0 Å². The Morgan fingerprint density at radius 3 is 2.44 bits per heavy atom. The summed E-state index contributed by atoms with van der Waals surface area (Å²) in [5, 5.41) is 3.42. The van der Waals surface area contributed by atoms with Crippen molar-refractivity contribution in [3.63, 3.8) is 0 Å². The predicted molar refractivity (Wildman–Crippen MR) is 73.3 cm³/mol. The van der Waals surface area contributed by atoms with E-state index < -0.39 is 0 Å². The zero-order valence-corrected chi connectivity index (χ0v) is 11.8. The van der Waals surface area contributed by atoms with Crippen LogP contribution in [0.1, 0.15) is 53.4 Å². The topological polar surface area (TPSA) is 15.3 Å². The van der Waals surface area contributed by atoms with Gasteiger partial charge in [-0.05, 0) is 32.2 Å². The maximum Gasteiger partial charge on any atom is 0.0815 e. The Kier molecular flexibility index (Phi) is 8.36. The molecule has 2 atom stereocenters. The van der Waals surface area contributed by atoms with Gasteiger partial charge in [0, 0.05) is 12.2 Å². The molecule has 1 fully saturated rings. The molecule has 1 aliphatic rings. The third kappa shape index (κ3) is 4.17. The summed E-state index contributed by atoms with van der Waals surface area (Å²) in [7, 11) is 2.05. The van der Waals surface area contributed by atoms with Crippen molar-refractivity contribution in [2.45, 2.75) is 59.5 Å². The second-order valence-corrected chi connectivity index (χ2v) is 4.34. The number of allylic oxidation sites excluding steroid dienone is 1. The van der Waals surface area contributed by atoms with E-state index in [9.17, 15) is 0 Å². The van der Waals surface area contributed by atoms with Crippen molar-refractivity contribution in [1.82, 2.24) is 10.2 Å². The second kappa shape index (κ2) is 8.63. The number of hydrogen-bond acceptors (Lipinski definition) is 2. The molecule has 96 valence electrons. The average Bonchev–Trinajstić information content (AvgIpc) is 2.34. The molecule has 1 saturated heterocycles. The minimum Gasteiger partial charge on any atom is -0.360 e. The van der Waals surface area contributed by atoms with Gasteiger partial charge in [-0.15, -0.1) is 0 Å². The van der Waals surface area contributed by atoms with Crippen molar-refractivity contribution in [1.29, 1.82) is 0 Å². The lowest BCUT2D eigenvalue weighted by atomic mass is 10.00. The first-order chi connectivity index (χ1) is 7.70. The number of piperidine rings is 1. The number of nitrogens with one attached hydrogen (secondary N) is 1. The van der Waals surface area contributed by atoms with Crippen molar-refractivity contribution in [3.05, 3.63) is 12.3 Å². The number of nitrogens with zero attached hydrogens (tertiary/aromatic N) is 1. The summed E-state index contributed by atoms with van der Waals surface area (Å²) in [5.41, 5.74) is 1.32. The minimum absolute atomic E-state index is 0.479. The molecule has 0 aliphatic carbocycles. The Hall–Kier alpha value is -0.500. The van der Waals surface area contributed by atoms with Crippen molar-refractivity contribution in [3.8, 4) is 0 Å². The van der Waals surface area contributed by atoms with Crippen LogP contribution in [0.2, 0.25) is 0 Å². The highest BCUT2D eigenvalue weighted by molar-refractivity contribution is 4.99. The van der Waals surface area contributed by atoms with E-state index in [0.717, 1.165) is 0 Å². The number of likely N-dealkylation sites (tertiary alicyclic amines) is 1. The van der Waals surface area contributed by atoms with Crippen LogP contribution in [-0.4, -0.2) is 24.7 Å². The zero-order valence-electron chi connectivity index (χ0n) is 11.8. The van der Waals surface area contributed by atoms with E-state index in [1.54, 1.807) is 0 Å². The first kappa shape index (κ1) is 15.5. The van der Waals surface area contributed by atoms with E-state index in [0.29, 0.717) is 12.1 Å². The third-order valence-corrected chi connectivity index (χ3v) is 3.34. The highest BCUT2D eigenvalue weighted by atomic mass is 15.3. The maximum atomic E-state index is 4.17. The first-order valence-corrected chi connectivity index (χ1v) is 6.82. The number of rotatable bonds is 4. The van der Waals surface area contributed by atoms with Crippen molar-refractivity contribution in [2.75, 3.05) is 13.6 Å². The lowest BCUT2D eigenvalue weighted by Gasteiger charge is -2.40. The van der Waals surface area contributed by atoms with Crippen molar-refractivity contribution < 1.29 is 0 Å². The molecule has 0 bridgehead atoms. The molecule has 1 rings (SSSR count). The van der Waals surface area contributed by atoms with Gasteiger partial charge < -0.3 is 10.2 Å². The van der Waals surface area contributed by atoms with Gasteiger partial charge in [-0.3, -0.25) is 0 Å². The summed E-state index contributed by atoms with van der Waals surface area (Å²) in [6, 6.07) is 0. The van der Waals surface area contributed by atoms with Crippen molar-refractivity contribution >= 4 is 0 Å². The van der Waals surface area contributed by atoms with Gasteiger partial charge >= 0.3 is 0 Å². The molecular formula is C14H30N2. The van der Waals surface area contributed by atoms with E-state index in [4.69, 9.17) is 0 Å². The van der Waals surface area contributed by atoms with E-state index in [1.807, 2.05) is 13.8 Å². The lowest BCUT2D eigenvalue weighted by Crippen LogP contribution is -2.48. The molecule has 0 aromatic rings. The molecule has 2 nitrogen and oxygen atoms in total. The molecule has 0 spiro atoms. The standard InChI is InChI=1S/C12H24N2.C2H6/c1-5-10(2)12(13-4)14-9-7-6-8-11(14)3;1-2/h10,12-13H,3,5-9H2,1-2,4H3;1-2H3. The molecule has 1 aliphatic heterocycles. The summed E-state index contributed by atoms with van der Waals surface area (Å²) in [6.45, 7) is 13.9. The van der Waals surface area contributed by atoms with E-state index in [1.165, 1.54) is 37.9 Å². The molecule has 0 aromatic heterocycles. The highest BCUT2D eigenvalue weighted by Crippen LogP contribution is 2.24. The van der Waals surface area contributed by atoms with Crippen LogP contribution in [0.4, 0.5) is 0 Å². The Balaban J connectivity index is 0.00000106. The smallest absolute Gasteiger partial charge is 0.0815 e. The zero-order chi connectivity index (χ0) is 12.6. The largest absolute Gasteiger partial charge is 0.360 e. The molecular weight excluding hydrogens is 196 g/mol. The minimum atomic E-state index is 0.479. The van der Waals surface area contributed by atoms with Gasteiger partial charge in [0.15, 0.2) is 0 Å². The van der Waals surface area contributed by atoms with Gasteiger partial charge in [0.1, 0.15) is 0 Å². The first-order valence-electron chi connectivity index (χ1n) is 6.82. The fraction of sp³-hybridized carbons (Fsp3) is 0.857. The van der Waals surface area contributed by atoms with Crippen LogP contribution in [0.3, 0.4) is 0 Å². The fourth-order valence-electron chi connectivity index (χ4n) is 2.22. The highest BCUT2D eigenvalue weighted by Gasteiger charge is 2.24. The molecule has 0 saturated carbocycles. The second-order valence-electron chi connectivity index (χ2n) is 4.34. The van der Waals surface area contributed by atoms with Crippen molar-refractivity contribution in [2.24, 2.45) is 5.92 Å². The molecule has 2 heteroatoms. The maximum absolute atomic E-state index is 4.17. The van der Waals surface area contributed by atoms with E-state index in [-0.39, 0.29) is 0 Å². The van der Waals surface area contributed by atoms with Gasteiger partial charge in [-0.1, -0.05) is 40.7 Å². The molecule has 0 radical (unpaired) electrons.